The molecule has 0 fully saturated rings. The van der Waals surface area contributed by atoms with Crippen molar-refractivity contribution >= 4 is 5.95 Å². The number of anilines is 1. The van der Waals surface area contributed by atoms with Crippen molar-refractivity contribution < 1.29 is 4.52 Å². The van der Waals surface area contributed by atoms with Crippen LogP contribution in [0, 0.1) is 0 Å². The van der Waals surface area contributed by atoms with Gasteiger partial charge in [0.05, 0.1) is 6.04 Å². The number of hydrogen-bond acceptors (Lipinski definition) is 5. The number of hydrogen-bond donors (Lipinski definition) is 2. The fraction of sp³-hybridized carbons (Fsp3) is 0.667. The maximum absolute atomic E-state index is 5.28. The number of nitrogens with zero attached hydrogens (tertiary/aromatic N) is 2. The summed E-state index contributed by atoms with van der Waals surface area (Å²) in [7, 11) is 1.84. The third kappa shape index (κ3) is 1.68. The van der Waals surface area contributed by atoms with Crippen LogP contribution in [0.5, 0.6) is 0 Å². The second-order valence-electron chi connectivity index (χ2n) is 2.24. The summed E-state index contributed by atoms with van der Waals surface area (Å²) in [5, 5.41) is 6.51. The van der Waals surface area contributed by atoms with E-state index in [4.69, 9.17) is 10.3 Å². The van der Waals surface area contributed by atoms with E-state index in [9.17, 15) is 0 Å². The highest BCUT2D eigenvalue weighted by molar-refractivity contribution is 5.11. The molecule has 0 spiro atoms. The van der Waals surface area contributed by atoms with Crippen LogP contribution in [0.1, 0.15) is 25.3 Å². The second kappa shape index (κ2) is 3.34. The number of rotatable bonds is 3. The molecular formula is C6H12N4O. The Morgan fingerprint density at radius 2 is 2.45 bits per heavy atom. The summed E-state index contributed by atoms with van der Waals surface area (Å²) in [5.74, 6) is 0.737. The van der Waals surface area contributed by atoms with Gasteiger partial charge in [0.15, 0.2) is 0 Å². The van der Waals surface area contributed by atoms with Gasteiger partial charge >= 0.3 is 0 Å². The molecule has 0 saturated heterocycles. The molecule has 1 aromatic rings. The minimum Gasteiger partial charge on any atom is -0.365 e. The van der Waals surface area contributed by atoms with E-state index in [-0.39, 0.29) is 12.0 Å². The quantitative estimate of drug-likeness (QED) is 0.659. The second-order valence-corrected chi connectivity index (χ2v) is 2.24. The maximum Gasteiger partial charge on any atom is 0.260 e. The molecule has 0 bridgehead atoms. The van der Waals surface area contributed by atoms with Crippen molar-refractivity contribution in [1.29, 1.82) is 0 Å². The first kappa shape index (κ1) is 8.00. The number of nitrogen functional groups attached to an aromatic ring is 1. The molecule has 0 aromatic carbocycles. The summed E-state index contributed by atoms with van der Waals surface area (Å²) in [6, 6.07) is 0.111. The van der Waals surface area contributed by atoms with Gasteiger partial charge in [-0.3, -0.25) is 0 Å². The van der Waals surface area contributed by atoms with Crippen molar-refractivity contribution in [2.45, 2.75) is 19.4 Å². The van der Waals surface area contributed by atoms with Crippen LogP contribution in [0.25, 0.3) is 0 Å². The molecule has 62 valence electrons. The van der Waals surface area contributed by atoms with Crippen LogP contribution in [-0.2, 0) is 0 Å². The molecule has 0 amide bonds. The van der Waals surface area contributed by atoms with Gasteiger partial charge in [-0.1, -0.05) is 6.92 Å². The predicted octanol–water partition coefficient (Wildman–Crippen LogP) is 0.322. The van der Waals surface area contributed by atoms with Gasteiger partial charge in [0.2, 0.25) is 5.89 Å². The molecule has 1 heterocycles. The lowest BCUT2D eigenvalue weighted by Crippen LogP contribution is -2.15. The van der Waals surface area contributed by atoms with Gasteiger partial charge < -0.3 is 15.6 Å². The highest BCUT2D eigenvalue weighted by atomic mass is 16.5. The van der Waals surface area contributed by atoms with Gasteiger partial charge in [0.1, 0.15) is 0 Å². The summed E-state index contributed by atoms with van der Waals surface area (Å²) in [5.41, 5.74) is 5.28. The highest BCUT2D eigenvalue weighted by Gasteiger charge is 2.13. The Kier molecular flexibility index (Phi) is 2.43. The van der Waals surface area contributed by atoms with Gasteiger partial charge in [-0.25, -0.2) is 0 Å². The van der Waals surface area contributed by atoms with Gasteiger partial charge in [0, 0.05) is 0 Å². The SMILES string of the molecule is CCC(NC)c1nc(N)no1. The van der Waals surface area contributed by atoms with Crippen molar-refractivity contribution in [2.75, 3.05) is 12.8 Å². The first-order valence-electron chi connectivity index (χ1n) is 3.54. The predicted molar refractivity (Wildman–Crippen MR) is 40.8 cm³/mol. The largest absolute Gasteiger partial charge is 0.365 e. The Balaban J connectivity index is 2.73. The average molecular weight is 156 g/mol. The molecule has 1 atom stereocenters. The van der Waals surface area contributed by atoms with Crippen LogP contribution in [0.15, 0.2) is 4.52 Å². The van der Waals surface area contributed by atoms with E-state index in [1.165, 1.54) is 0 Å². The molecule has 3 N–H and O–H groups in total. The Hall–Kier alpha value is -1.10. The lowest BCUT2D eigenvalue weighted by Gasteiger charge is -2.06. The minimum atomic E-state index is 0.111. The normalized spacial score (nSPS) is 13.3. The molecular weight excluding hydrogens is 144 g/mol. The first-order valence-corrected chi connectivity index (χ1v) is 3.54. The Labute approximate surface area is 65.0 Å². The van der Waals surface area contributed by atoms with E-state index >= 15 is 0 Å². The zero-order valence-corrected chi connectivity index (χ0v) is 6.66. The van der Waals surface area contributed by atoms with Crippen LogP contribution >= 0.6 is 0 Å². The first-order chi connectivity index (χ1) is 5.27. The Morgan fingerprint density at radius 1 is 1.73 bits per heavy atom. The van der Waals surface area contributed by atoms with Crippen LogP contribution in [-0.4, -0.2) is 17.2 Å². The van der Waals surface area contributed by atoms with E-state index < -0.39 is 0 Å². The van der Waals surface area contributed by atoms with Gasteiger partial charge in [0.25, 0.3) is 5.95 Å². The van der Waals surface area contributed by atoms with Crippen molar-refractivity contribution in [3.8, 4) is 0 Å². The monoisotopic (exact) mass is 156 g/mol. The Morgan fingerprint density at radius 3 is 2.82 bits per heavy atom. The fourth-order valence-electron chi connectivity index (χ4n) is 0.891. The molecule has 1 aromatic heterocycles. The highest BCUT2D eigenvalue weighted by Crippen LogP contribution is 2.13. The van der Waals surface area contributed by atoms with Crippen LogP contribution in [0.2, 0.25) is 0 Å². The summed E-state index contributed by atoms with van der Waals surface area (Å²) in [6.45, 7) is 2.03. The third-order valence-electron chi connectivity index (χ3n) is 1.51. The molecule has 1 rings (SSSR count). The van der Waals surface area contributed by atoms with Crippen molar-refractivity contribution in [3.05, 3.63) is 5.89 Å². The molecule has 5 nitrogen and oxygen atoms in total. The van der Waals surface area contributed by atoms with Crippen LogP contribution in [0.3, 0.4) is 0 Å². The number of aromatic nitrogens is 2. The van der Waals surface area contributed by atoms with Gasteiger partial charge in [-0.15, -0.1) is 0 Å². The molecule has 0 aliphatic rings. The van der Waals surface area contributed by atoms with Crippen molar-refractivity contribution in [2.24, 2.45) is 0 Å². The topological polar surface area (TPSA) is 77.0 Å². The standard InChI is InChI=1S/C6H12N4O/c1-3-4(8-2)5-9-6(7)10-11-5/h4,8H,3H2,1-2H3,(H2,7,10). The zero-order valence-electron chi connectivity index (χ0n) is 6.66. The molecule has 0 aliphatic heterocycles. The zero-order chi connectivity index (χ0) is 8.27. The van der Waals surface area contributed by atoms with Gasteiger partial charge in [-0.05, 0) is 18.6 Å². The van der Waals surface area contributed by atoms with Crippen molar-refractivity contribution in [1.82, 2.24) is 15.5 Å². The lowest BCUT2D eigenvalue weighted by atomic mass is 10.2. The average Bonchev–Trinajstić information content (AvgIpc) is 2.39. The van der Waals surface area contributed by atoms with E-state index in [0.29, 0.717) is 5.89 Å². The smallest absolute Gasteiger partial charge is 0.260 e. The molecule has 0 saturated carbocycles. The molecule has 5 heteroatoms. The summed E-state index contributed by atoms with van der Waals surface area (Å²) in [6.07, 6.45) is 0.901. The fourth-order valence-corrected chi connectivity index (χ4v) is 0.891. The number of nitrogens with one attached hydrogen (secondary N) is 1. The molecule has 0 aliphatic carbocycles. The third-order valence-corrected chi connectivity index (χ3v) is 1.51. The van der Waals surface area contributed by atoms with E-state index in [0.717, 1.165) is 6.42 Å². The molecule has 1 unspecified atom stereocenters. The van der Waals surface area contributed by atoms with Gasteiger partial charge in [-0.2, -0.15) is 4.98 Å². The van der Waals surface area contributed by atoms with Crippen LogP contribution < -0.4 is 11.1 Å². The Bertz CT molecular complexity index is 218. The van der Waals surface area contributed by atoms with Crippen LogP contribution in [0.4, 0.5) is 5.95 Å². The van der Waals surface area contributed by atoms with E-state index in [1.807, 2.05) is 14.0 Å². The lowest BCUT2D eigenvalue weighted by molar-refractivity contribution is 0.334. The maximum atomic E-state index is 5.28. The van der Waals surface area contributed by atoms with Crippen molar-refractivity contribution in [3.63, 3.8) is 0 Å². The summed E-state index contributed by atoms with van der Waals surface area (Å²) < 4.78 is 4.86. The number of nitrogens with two attached hydrogens (primary N) is 1. The molecule has 0 radical (unpaired) electrons. The minimum absolute atomic E-state index is 0.111. The van der Waals surface area contributed by atoms with E-state index in [2.05, 4.69) is 15.5 Å². The van der Waals surface area contributed by atoms with E-state index in [1.54, 1.807) is 0 Å². The summed E-state index contributed by atoms with van der Waals surface area (Å²) in [4.78, 5) is 3.89. The summed E-state index contributed by atoms with van der Waals surface area (Å²) >= 11 is 0. The molecule has 11 heavy (non-hydrogen) atoms.